The van der Waals surface area contributed by atoms with Crippen molar-refractivity contribution in [3.05, 3.63) is 23.8 Å². The molecular formula is C12H20N2O4S. The van der Waals surface area contributed by atoms with E-state index in [2.05, 4.69) is 4.72 Å². The Morgan fingerprint density at radius 3 is 2.58 bits per heavy atom. The van der Waals surface area contributed by atoms with Gasteiger partial charge in [0.15, 0.2) is 0 Å². The highest BCUT2D eigenvalue weighted by Crippen LogP contribution is 2.20. The molecule has 0 saturated heterocycles. The molecule has 0 bridgehead atoms. The van der Waals surface area contributed by atoms with Crippen LogP contribution in [0.15, 0.2) is 23.1 Å². The second-order valence-corrected chi connectivity index (χ2v) is 6.44. The van der Waals surface area contributed by atoms with Crippen LogP contribution in [-0.4, -0.2) is 37.4 Å². The Morgan fingerprint density at radius 2 is 2.05 bits per heavy atom. The molecule has 0 aliphatic carbocycles. The van der Waals surface area contributed by atoms with Gasteiger partial charge in [0.25, 0.3) is 0 Å². The molecule has 0 saturated carbocycles. The van der Waals surface area contributed by atoms with Crippen molar-refractivity contribution in [1.29, 1.82) is 0 Å². The number of nitrogen functional groups attached to an aromatic ring is 1. The van der Waals surface area contributed by atoms with Crippen molar-refractivity contribution in [3.8, 4) is 0 Å². The molecule has 1 atom stereocenters. The number of anilines is 1. The summed E-state index contributed by atoms with van der Waals surface area (Å²) in [5.41, 5.74) is 5.10. The van der Waals surface area contributed by atoms with E-state index < -0.39 is 22.2 Å². The van der Waals surface area contributed by atoms with Crippen LogP contribution in [-0.2, 0) is 16.4 Å². The van der Waals surface area contributed by atoms with Gasteiger partial charge in [-0.05, 0) is 31.0 Å². The molecule has 1 aromatic carbocycles. The Balaban J connectivity index is 3.04. The van der Waals surface area contributed by atoms with E-state index in [0.717, 1.165) is 0 Å². The predicted octanol–water partition coefficient (Wildman–Crippen LogP) is -0.147. The van der Waals surface area contributed by atoms with Crippen LogP contribution in [0.1, 0.15) is 19.4 Å². The van der Waals surface area contributed by atoms with Crippen molar-refractivity contribution < 1.29 is 18.6 Å². The first-order chi connectivity index (χ1) is 8.72. The van der Waals surface area contributed by atoms with Gasteiger partial charge in [-0.2, -0.15) is 0 Å². The second-order valence-electron chi connectivity index (χ2n) is 4.70. The molecule has 0 heterocycles. The van der Waals surface area contributed by atoms with Gasteiger partial charge in [-0.1, -0.05) is 13.0 Å². The Hall–Kier alpha value is -1.15. The molecule has 1 aromatic rings. The van der Waals surface area contributed by atoms with Gasteiger partial charge in [-0.3, -0.25) is 0 Å². The summed E-state index contributed by atoms with van der Waals surface area (Å²) in [4.78, 5) is 0.101. The number of rotatable bonds is 6. The molecule has 0 amide bonds. The number of aliphatic hydroxyl groups excluding tert-OH is 1. The fraction of sp³-hybridized carbons (Fsp3) is 0.500. The number of aliphatic hydroxyl groups is 2. The largest absolute Gasteiger partial charge is 0.399 e. The minimum Gasteiger partial charge on any atom is -0.399 e. The molecule has 7 heteroatoms. The number of aryl methyl sites for hydroxylation is 1. The second kappa shape index (κ2) is 5.87. The average Bonchev–Trinajstić information content (AvgIpc) is 2.37. The standard InChI is InChI=1S/C12H20N2O4S/c1-3-9-4-5-10(13)6-11(9)19(17,18)14-7-12(2,16)8-15/h4-6,14-16H,3,7-8,13H2,1-2H3. The third-order valence-electron chi connectivity index (χ3n) is 2.75. The summed E-state index contributed by atoms with van der Waals surface area (Å²) < 4.78 is 26.6. The van der Waals surface area contributed by atoms with Crippen molar-refractivity contribution in [2.24, 2.45) is 0 Å². The van der Waals surface area contributed by atoms with Crippen LogP contribution < -0.4 is 10.5 Å². The van der Waals surface area contributed by atoms with Crippen LogP contribution in [0.5, 0.6) is 0 Å². The number of nitrogens with one attached hydrogen (secondary N) is 1. The summed E-state index contributed by atoms with van der Waals surface area (Å²) in [7, 11) is -3.77. The van der Waals surface area contributed by atoms with Crippen molar-refractivity contribution in [3.63, 3.8) is 0 Å². The first kappa shape index (κ1) is 15.9. The number of nitrogens with two attached hydrogens (primary N) is 1. The maximum Gasteiger partial charge on any atom is 0.241 e. The van der Waals surface area contributed by atoms with Gasteiger partial charge >= 0.3 is 0 Å². The minimum atomic E-state index is -3.77. The normalized spacial score (nSPS) is 15.2. The summed E-state index contributed by atoms with van der Waals surface area (Å²) in [5, 5.41) is 18.5. The van der Waals surface area contributed by atoms with Gasteiger partial charge in [-0.15, -0.1) is 0 Å². The SMILES string of the molecule is CCc1ccc(N)cc1S(=O)(=O)NCC(C)(O)CO. The van der Waals surface area contributed by atoms with Crippen molar-refractivity contribution in [1.82, 2.24) is 4.72 Å². The monoisotopic (exact) mass is 288 g/mol. The molecule has 0 fully saturated rings. The van der Waals surface area contributed by atoms with E-state index in [9.17, 15) is 13.5 Å². The smallest absolute Gasteiger partial charge is 0.241 e. The van der Waals surface area contributed by atoms with Crippen LogP contribution in [0.25, 0.3) is 0 Å². The summed E-state index contributed by atoms with van der Waals surface area (Å²) in [5.74, 6) is 0. The van der Waals surface area contributed by atoms with Gasteiger partial charge < -0.3 is 15.9 Å². The lowest BCUT2D eigenvalue weighted by Gasteiger charge is -2.21. The van der Waals surface area contributed by atoms with Crippen molar-refractivity contribution in [2.45, 2.75) is 30.8 Å². The lowest BCUT2D eigenvalue weighted by molar-refractivity contribution is 0.00681. The van der Waals surface area contributed by atoms with E-state index in [1.54, 1.807) is 12.1 Å². The van der Waals surface area contributed by atoms with Gasteiger partial charge in [0.2, 0.25) is 10.0 Å². The Labute approximate surface area is 113 Å². The molecule has 108 valence electrons. The summed E-state index contributed by atoms with van der Waals surface area (Å²) in [6.07, 6.45) is 0.549. The highest BCUT2D eigenvalue weighted by Gasteiger charge is 2.24. The molecule has 1 rings (SSSR count). The zero-order valence-electron chi connectivity index (χ0n) is 11.0. The van der Waals surface area contributed by atoms with E-state index >= 15 is 0 Å². The molecule has 0 spiro atoms. The third-order valence-corrected chi connectivity index (χ3v) is 4.23. The fourth-order valence-corrected chi connectivity index (χ4v) is 3.00. The van der Waals surface area contributed by atoms with Crippen LogP contribution >= 0.6 is 0 Å². The Kier molecular flexibility index (Phi) is 4.92. The number of hydrogen-bond acceptors (Lipinski definition) is 5. The van der Waals surface area contributed by atoms with Gasteiger partial charge in [-0.25, -0.2) is 13.1 Å². The fourth-order valence-electron chi connectivity index (χ4n) is 1.50. The molecule has 0 aliphatic rings. The highest BCUT2D eigenvalue weighted by atomic mass is 32.2. The average molecular weight is 288 g/mol. The van der Waals surface area contributed by atoms with E-state index in [4.69, 9.17) is 10.8 Å². The van der Waals surface area contributed by atoms with Gasteiger partial charge in [0, 0.05) is 12.2 Å². The first-order valence-electron chi connectivity index (χ1n) is 5.93. The van der Waals surface area contributed by atoms with Crippen LogP contribution in [0.3, 0.4) is 0 Å². The molecular weight excluding hydrogens is 268 g/mol. The van der Waals surface area contributed by atoms with Crippen LogP contribution in [0.2, 0.25) is 0 Å². The third kappa shape index (κ3) is 4.17. The number of hydrogen-bond donors (Lipinski definition) is 4. The molecule has 6 nitrogen and oxygen atoms in total. The highest BCUT2D eigenvalue weighted by molar-refractivity contribution is 7.89. The molecule has 0 aliphatic heterocycles. The topological polar surface area (TPSA) is 113 Å². The molecule has 1 unspecified atom stereocenters. The van der Waals surface area contributed by atoms with Gasteiger partial charge in [0.1, 0.15) is 0 Å². The van der Waals surface area contributed by atoms with E-state index in [0.29, 0.717) is 17.7 Å². The first-order valence-corrected chi connectivity index (χ1v) is 7.41. The van der Waals surface area contributed by atoms with Crippen LogP contribution in [0, 0.1) is 0 Å². The lowest BCUT2D eigenvalue weighted by atomic mass is 10.1. The number of sulfonamides is 1. The maximum absolute atomic E-state index is 12.2. The molecule has 5 N–H and O–H groups in total. The lowest BCUT2D eigenvalue weighted by Crippen LogP contribution is -2.43. The number of benzene rings is 1. The van der Waals surface area contributed by atoms with E-state index in [-0.39, 0.29) is 11.4 Å². The van der Waals surface area contributed by atoms with E-state index in [1.807, 2.05) is 6.92 Å². The summed E-state index contributed by atoms with van der Waals surface area (Å²) >= 11 is 0. The summed E-state index contributed by atoms with van der Waals surface area (Å²) in [6.45, 7) is 2.38. The minimum absolute atomic E-state index is 0.101. The van der Waals surface area contributed by atoms with Crippen molar-refractivity contribution >= 4 is 15.7 Å². The maximum atomic E-state index is 12.2. The Morgan fingerprint density at radius 1 is 1.42 bits per heavy atom. The Bertz CT molecular complexity index is 541. The zero-order valence-corrected chi connectivity index (χ0v) is 11.9. The van der Waals surface area contributed by atoms with Crippen LogP contribution in [0.4, 0.5) is 5.69 Å². The van der Waals surface area contributed by atoms with E-state index in [1.165, 1.54) is 13.0 Å². The molecule has 0 aromatic heterocycles. The molecule has 19 heavy (non-hydrogen) atoms. The van der Waals surface area contributed by atoms with Gasteiger partial charge in [0.05, 0.1) is 17.1 Å². The molecule has 0 radical (unpaired) electrons. The quantitative estimate of drug-likeness (QED) is 0.544. The summed E-state index contributed by atoms with van der Waals surface area (Å²) in [6, 6.07) is 4.69. The zero-order chi connectivity index (χ0) is 14.7. The van der Waals surface area contributed by atoms with Crippen molar-refractivity contribution in [2.75, 3.05) is 18.9 Å². The predicted molar refractivity (Wildman–Crippen MR) is 73.1 cm³/mol.